The molecule has 0 spiro atoms. The summed E-state index contributed by atoms with van der Waals surface area (Å²) in [6.45, 7) is 0.755. The minimum absolute atomic E-state index is 0.102. The number of benzene rings is 3. The van der Waals surface area contributed by atoms with E-state index in [4.69, 9.17) is 11.6 Å². The topological polar surface area (TPSA) is 49.4 Å². The Hall–Kier alpha value is -3.11. The van der Waals surface area contributed by atoms with Crippen LogP contribution in [0.25, 0.3) is 0 Å². The summed E-state index contributed by atoms with van der Waals surface area (Å²) in [6, 6.07) is 24.1. The van der Waals surface area contributed by atoms with E-state index in [1.165, 1.54) is 0 Å². The van der Waals surface area contributed by atoms with E-state index < -0.39 is 6.04 Å². The molecule has 1 aliphatic heterocycles. The van der Waals surface area contributed by atoms with Gasteiger partial charge in [-0.3, -0.25) is 9.59 Å². The predicted molar refractivity (Wildman–Crippen MR) is 114 cm³/mol. The summed E-state index contributed by atoms with van der Waals surface area (Å²) in [5.41, 5.74) is 3.48. The number of hydrogen-bond acceptors (Lipinski definition) is 2. The summed E-state index contributed by atoms with van der Waals surface area (Å²) in [5, 5.41) is 3.58. The molecule has 29 heavy (non-hydrogen) atoms. The fraction of sp³-hybridized carbons (Fsp3) is 0.167. The maximum absolute atomic E-state index is 13.2. The number of nitrogens with one attached hydrogen (secondary N) is 1. The Balaban J connectivity index is 1.56. The van der Waals surface area contributed by atoms with E-state index in [1.807, 2.05) is 72.8 Å². The van der Waals surface area contributed by atoms with Crippen LogP contribution in [0.1, 0.15) is 27.0 Å². The molecule has 2 amide bonds. The van der Waals surface area contributed by atoms with Crippen LogP contribution in [0, 0.1) is 0 Å². The van der Waals surface area contributed by atoms with Crippen molar-refractivity contribution in [3.05, 3.63) is 106 Å². The van der Waals surface area contributed by atoms with Gasteiger partial charge in [-0.05, 0) is 28.8 Å². The second kappa shape index (κ2) is 8.50. The van der Waals surface area contributed by atoms with Crippen LogP contribution in [0.15, 0.2) is 78.9 Å². The van der Waals surface area contributed by atoms with E-state index in [0.717, 1.165) is 16.7 Å². The number of carbonyl (C=O) groups is 2. The predicted octanol–water partition coefficient (Wildman–Crippen LogP) is 4.22. The molecule has 0 aliphatic carbocycles. The zero-order valence-corrected chi connectivity index (χ0v) is 16.6. The first kappa shape index (κ1) is 19.2. The number of fused-ring (bicyclic) bond motifs is 1. The molecule has 3 aromatic rings. The fourth-order valence-electron chi connectivity index (χ4n) is 3.65. The van der Waals surface area contributed by atoms with Gasteiger partial charge in [0.05, 0.1) is 0 Å². The van der Waals surface area contributed by atoms with Crippen molar-refractivity contribution < 1.29 is 9.59 Å². The van der Waals surface area contributed by atoms with E-state index in [2.05, 4.69) is 5.32 Å². The Morgan fingerprint density at radius 2 is 1.66 bits per heavy atom. The van der Waals surface area contributed by atoms with Crippen molar-refractivity contribution >= 4 is 23.4 Å². The Labute approximate surface area is 175 Å². The molecule has 4 nitrogen and oxygen atoms in total. The molecule has 0 aromatic heterocycles. The number of hydrogen-bond donors (Lipinski definition) is 1. The van der Waals surface area contributed by atoms with Crippen molar-refractivity contribution in [1.29, 1.82) is 0 Å². The van der Waals surface area contributed by atoms with E-state index in [0.29, 0.717) is 30.1 Å². The summed E-state index contributed by atoms with van der Waals surface area (Å²) in [6.07, 6.45) is 0.453. The Bertz CT molecular complexity index is 1040. The molecular weight excluding hydrogens is 384 g/mol. The van der Waals surface area contributed by atoms with Crippen LogP contribution in [-0.2, 0) is 24.3 Å². The fourth-order valence-corrected chi connectivity index (χ4v) is 3.85. The summed E-state index contributed by atoms with van der Waals surface area (Å²) in [4.78, 5) is 27.8. The van der Waals surface area contributed by atoms with Crippen LogP contribution in [0.3, 0.4) is 0 Å². The van der Waals surface area contributed by atoms with Crippen LogP contribution in [-0.4, -0.2) is 22.8 Å². The smallest absolute Gasteiger partial charge is 0.255 e. The number of amides is 2. The summed E-state index contributed by atoms with van der Waals surface area (Å²) in [7, 11) is 0. The highest BCUT2D eigenvalue weighted by molar-refractivity contribution is 6.31. The highest BCUT2D eigenvalue weighted by atomic mass is 35.5. The normalized spacial score (nSPS) is 13.8. The summed E-state index contributed by atoms with van der Waals surface area (Å²) < 4.78 is 0. The third-order valence-corrected chi connectivity index (χ3v) is 5.58. The SMILES string of the molecule is O=C(NCc1ccccc1Cl)[C@H](Cc1ccccc1)N1Cc2ccccc2C1=O. The molecule has 5 heteroatoms. The average molecular weight is 405 g/mol. The summed E-state index contributed by atoms with van der Waals surface area (Å²) in [5.74, 6) is -0.288. The van der Waals surface area contributed by atoms with Crippen molar-refractivity contribution in [2.45, 2.75) is 25.6 Å². The second-order valence-corrected chi connectivity index (χ2v) is 7.51. The maximum atomic E-state index is 13.2. The maximum Gasteiger partial charge on any atom is 0.255 e. The molecule has 0 fully saturated rings. The molecule has 1 N–H and O–H groups in total. The standard InChI is InChI=1S/C24H21ClN2O2/c25-21-13-7-5-10-18(21)15-26-23(28)22(14-17-8-2-1-3-9-17)27-16-19-11-4-6-12-20(19)24(27)29/h1-13,22H,14-16H2,(H,26,28)/t22-/m0/s1. The number of rotatable bonds is 6. The van der Waals surface area contributed by atoms with Crippen LogP contribution in [0.5, 0.6) is 0 Å². The van der Waals surface area contributed by atoms with Gasteiger partial charge in [0.1, 0.15) is 6.04 Å². The van der Waals surface area contributed by atoms with E-state index in [9.17, 15) is 9.59 Å². The van der Waals surface area contributed by atoms with Gasteiger partial charge < -0.3 is 10.2 Å². The molecule has 4 rings (SSSR count). The Kier molecular flexibility index (Phi) is 5.63. The van der Waals surface area contributed by atoms with Crippen molar-refractivity contribution in [1.82, 2.24) is 10.2 Å². The highest BCUT2D eigenvalue weighted by Crippen LogP contribution is 2.26. The lowest BCUT2D eigenvalue weighted by Crippen LogP contribution is -2.48. The van der Waals surface area contributed by atoms with Gasteiger partial charge in [0.15, 0.2) is 0 Å². The van der Waals surface area contributed by atoms with E-state index in [-0.39, 0.29) is 11.8 Å². The third-order valence-electron chi connectivity index (χ3n) is 5.21. The first-order valence-corrected chi connectivity index (χ1v) is 9.95. The van der Waals surface area contributed by atoms with Gasteiger partial charge in [-0.2, -0.15) is 0 Å². The Morgan fingerprint density at radius 3 is 2.41 bits per heavy atom. The minimum atomic E-state index is -0.597. The van der Waals surface area contributed by atoms with Crippen LogP contribution in [0.4, 0.5) is 0 Å². The largest absolute Gasteiger partial charge is 0.350 e. The van der Waals surface area contributed by atoms with Gasteiger partial charge in [-0.1, -0.05) is 78.3 Å². The molecule has 0 unspecified atom stereocenters. The van der Waals surface area contributed by atoms with Gasteiger partial charge >= 0.3 is 0 Å². The molecule has 0 bridgehead atoms. The number of carbonyl (C=O) groups excluding carboxylic acids is 2. The lowest BCUT2D eigenvalue weighted by atomic mass is 10.0. The summed E-state index contributed by atoms with van der Waals surface area (Å²) >= 11 is 6.21. The lowest BCUT2D eigenvalue weighted by molar-refractivity contribution is -0.125. The van der Waals surface area contributed by atoms with Crippen LogP contribution >= 0.6 is 11.6 Å². The Morgan fingerprint density at radius 1 is 0.966 bits per heavy atom. The van der Waals surface area contributed by atoms with Crippen LogP contribution in [0.2, 0.25) is 5.02 Å². The van der Waals surface area contributed by atoms with Gasteiger partial charge in [-0.15, -0.1) is 0 Å². The molecular formula is C24H21ClN2O2. The van der Waals surface area contributed by atoms with Crippen molar-refractivity contribution in [2.75, 3.05) is 0 Å². The van der Waals surface area contributed by atoms with Gasteiger partial charge in [0, 0.05) is 30.1 Å². The molecule has 1 atom stereocenters. The first-order chi connectivity index (χ1) is 14.1. The number of halogens is 1. The minimum Gasteiger partial charge on any atom is -0.350 e. The van der Waals surface area contributed by atoms with Crippen molar-refractivity contribution in [2.24, 2.45) is 0 Å². The molecule has 0 saturated heterocycles. The zero-order valence-electron chi connectivity index (χ0n) is 15.8. The zero-order chi connectivity index (χ0) is 20.2. The first-order valence-electron chi connectivity index (χ1n) is 9.57. The molecule has 1 heterocycles. The van der Waals surface area contributed by atoms with E-state index >= 15 is 0 Å². The van der Waals surface area contributed by atoms with Crippen LogP contribution < -0.4 is 5.32 Å². The molecule has 146 valence electrons. The quantitative estimate of drug-likeness (QED) is 0.668. The molecule has 0 radical (unpaired) electrons. The third kappa shape index (κ3) is 4.17. The van der Waals surface area contributed by atoms with Gasteiger partial charge in [0.2, 0.25) is 5.91 Å². The molecule has 3 aromatic carbocycles. The highest BCUT2D eigenvalue weighted by Gasteiger charge is 2.36. The monoisotopic (exact) mass is 404 g/mol. The lowest BCUT2D eigenvalue weighted by Gasteiger charge is -2.27. The number of nitrogens with zero attached hydrogens (tertiary/aromatic N) is 1. The second-order valence-electron chi connectivity index (χ2n) is 7.10. The van der Waals surface area contributed by atoms with Gasteiger partial charge in [0.25, 0.3) is 5.91 Å². The van der Waals surface area contributed by atoms with Crippen molar-refractivity contribution in [3.63, 3.8) is 0 Å². The average Bonchev–Trinajstić information content (AvgIpc) is 3.08. The molecule has 1 aliphatic rings. The van der Waals surface area contributed by atoms with E-state index in [1.54, 1.807) is 11.0 Å². The molecule has 0 saturated carbocycles. The van der Waals surface area contributed by atoms with Crippen molar-refractivity contribution in [3.8, 4) is 0 Å². The van der Waals surface area contributed by atoms with Gasteiger partial charge in [-0.25, -0.2) is 0 Å².